The quantitative estimate of drug-likeness (QED) is 0.125. The van der Waals surface area contributed by atoms with Crippen molar-refractivity contribution in [2.75, 3.05) is 13.2 Å². The molecule has 0 aliphatic carbocycles. The summed E-state index contributed by atoms with van der Waals surface area (Å²) in [6.45, 7) is -3.18. The first-order valence-electron chi connectivity index (χ1n) is 11.1. The fourth-order valence-electron chi connectivity index (χ4n) is 3.72. The van der Waals surface area contributed by atoms with Gasteiger partial charge in [-0.2, -0.15) is 33.7 Å². The highest BCUT2D eigenvalue weighted by Crippen LogP contribution is 2.33. The summed E-state index contributed by atoms with van der Waals surface area (Å²) in [4.78, 5) is 0. The topological polar surface area (TPSA) is 284 Å². The molecule has 22 heteroatoms. The van der Waals surface area contributed by atoms with Crippen LogP contribution in [-0.4, -0.2) is 94.1 Å². The van der Waals surface area contributed by atoms with Crippen LogP contribution in [-0.2, 0) is 76.1 Å². The van der Waals surface area contributed by atoms with E-state index < -0.39 is 85.1 Å². The minimum absolute atomic E-state index is 0.00248. The molecule has 0 heterocycles. The van der Waals surface area contributed by atoms with E-state index >= 15 is 0 Å². The molecule has 0 aliphatic rings. The fraction of sp³-hybridized carbons (Fsp3) is 0.400. The Kier molecular flexibility index (Phi) is 12.5. The van der Waals surface area contributed by atoms with Crippen molar-refractivity contribution >= 4 is 41.6 Å². The third-order valence-corrected chi connectivity index (χ3v) is 7.11. The Bertz CT molecular complexity index is 1580. The highest BCUT2D eigenvalue weighted by atomic mass is 32.3. The summed E-state index contributed by atoms with van der Waals surface area (Å²) in [7, 11) is -23.0. The van der Waals surface area contributed by atoms with Crippen LogP contribution < -0.4 is 0 Å². The van der Waals surface area contributed by atoms with E-state index in [1.807, 2.05) is 0 Å². The summed E-state index contributed by atoms with van der Waals surface area (Å²) in [5.41, 5.74) is -2.75. The van der Waals surface area contributed by atoms with Crippen molar-refractivity contribution in [2.45, 2.75) is 36.9 Å². The van der Waals surface area contributed by atoms with Crippen LogP contribution >= 0.6 is 0 Å². The van der Waals surface area contributed by atoms with Crippen molar-refractivity contribution in [3.8, 4) is 0 Å². The molecule has 238 valence electrons. The number of aliphatic hydroxyl groups excluding tert-OH is 1. The highest BCUT2D eigenvalue weighted by molar-refractivity contribution is 7.81. The Labute approximate surface area is 241 Å². The molecule has 18 nitrogen and oxygen atoms in total. The van der Waals surface area contributed by atoms with Crippen molar-refractivity contribution in [2.24, 2.45) is 0 Å². The molecule has 5 N–H and O–H groups in total. The lowest BCUT2D eigenvalue weighted by Gasteiger charge is -2.41. The van der Waals surface area contributed by atoms with Gasteiger partial charge in [0.05, 0.1) is 19.8 Å². The SMILES string of the molecule is O=S(=O)(O)O[C@H]([C@@H](COCc1ccccc1)OS(=O)(=O)O)[C@H](OS(=O)(=O)O)[C@](CO)(Cc1ccccc1)OS(=O)(=O)O. The minimum atomic E-state index is -5.84. The molecule has 4 atom stereocenters. The van der Waals surface area contributed by atoms with Gasteiger partial charge in [0.1, 0.15) is 23.9 Å². The van der Waals surface area contributed by atoms with Crippen molar-refractivity contribution < 1.29 is 78.5 Å². The number of rotatable bonds is 18. The molecule has 0 bridgehead atoms. The van der Waals surface area contributed by atoms with Gasteiger partial charge in [0.15, 0.2) is 0 Å². The summed E-state index contributed by atoms with van der Waals surface area (Å²) >= 11 is 0. The lowest BCUT2D eigenvalue weighted by Crippen LogP contribution is -2.62. The van der Waals surface area contributed by atoms with Crippen molar-refractivity contribution in [3.63, 3.8) is 0 Å². The summed E-state index contributed by atoms with van der Waals surface area (Å²) in [6.07, 6.45) is -9.52. The van der Waals surface area contributed by atoms with Gasteiger partial charge in [0.2, 0.25) is 0 Å². The molecule has 42 heavy (non-hydrogen) atoms. The van der Waals surface area contributed by atoms with Crippen LogP contribution in [0.4, 0.5) is 0 Å². The number of ether oxygens (including phenoxy) is 1. The highest BCUT2D eigenvalue weighted by Gasteiger charge is 2.55. The van der Waals surface area contributed by atoms with Crippen LogP contribution in [0, 0.1) is 0 Å². The number of hydrogen-bond donors (Lipinski definition) is 5. The Hall–Kier alpha value is -2.16. The fourth-order valence-corrected chi connectivity index (χ4v) is 5.88. The van der Waals surface area contributed by atoms with E-state index in [9.17, 15) is 57.0 Å². The Morgan fingerprint density at radius 2 is 1.12 bits per heavy atom. The maximum absolute atomic E-state index is 11.9. The largest absolute Gasteiger partial charge is 0.398 e. The Balaban J connectivity index is 2.78. The summed E-state index contributed by atoms with van der Waals surface area (Å²) in [5, 5.41) is 10.3. The van der Waals surface area contributed by atoms with Crippen molar-refractivity contribution in [1.82, 2.24) is 0 Å². The van der Waals surface area contributed by atoms with E-state index in [0.717, 1.165) is 0 Å². The second-order valence-corrected chi connectivity index (χ2v) is 12.6. The molecule has 2 aromatic rings. The maximum atomic E-state index is 11.9. The third-order valence-electron chi connectivity index (χ3n) is 5.17. The Morgan fingerprint density at radius 1 is 0.643 bits per heavy atom. The normalized spacial score (nSPS) is 16.8. The van der Waals surface area contributed by atoms with E-state index in [2.05, 4.69) is 16.7 Å². The second-order valence-electron chi connectivity index (χ2n) is 8.39. The van der Waals surface area contributed by atoms with Gasteiger partial charge >= 0.3 is 41.6 Å². The van der Waals surface area contributed by atoms with Crippen molar-refractivity contribution in [3.05, 3.63) is 71.8 Å². The standard InChI is InChI=1S/C20H26O18S4/c21-14-20(38-42(31,32)33,11-15-7-3-1-4-8-15)19(37-41(28,29)30)18(36-40(25,26)27)17(35-39(22,23)24)13-34-12-16-9-5-2-6-10-16/h1-10,17-19,21H,11-14H2,(H,22,23,24)(H,25,26,27)(H,28,29,30)(H,31,32,33)/t17-,18-,19+,20-/m1/s1. The number of hydrogen-bond acceptors (Lipinski definition) is 14. The van der Waals surface area contributed by atoms with Gasteiger partial charge in [0.25, 0.3) is 0 Å². The van der Waals surface area contributed by atoms with Gasteiger partial charge < -0.3 is 9.84 Å². The first-order valence-corrected chi connectivity index (χ1v) is 16.6. The molecule has 0 aliphatic heterocycles. The van der Waals surface area contributed by atoms with Gasteiger partial charge in [-0.1, -0.05) is 60.7 Å². The number of benzene rings is 2. The Morgan fingerprint density at radius 3 is 1.55 bits per heavy atom. The van der Waals surface area contributed by atoms with Gasteiger partial charge in [-0.05, 0) is 11.1 Å². The smallest absolute Gasteiger partial charge is 0.393 e. The third kappa shape index (κ3) is 13.0. The first kappa shape index (κ1) is 36.0. The molecule has 0 spiro atoms. The molecule has 0 aromatic heterocycles. The lowest BCUT2D eigenvalue weighted by atomic mass is 9.85. The molecule has 2 aromatic carbocycles. The van der Waals surface area contributed by atoms with E-state index in [1.54, 1.807) is 18.2 Å². The van der Waals surface area contributed by atoms with E-state index in [-0.39, 0.29) is 12.2 Å². The average Bonchev–Trinajstić information content (AvgIpc) is 2.83. The van der Waals surface area contributed by atoms with E-state index in [1.165, 1.54) is 42.5 Å². The van der Waals surface area contributed by atoms with Gasteiger partial charge in [-0.3, -0.25) is 18.2 Å². The van der Waals surface area contributed by atoms with Crippen LogP contribution in [0.15, 0.2) is 60.7 Å². The zero-order valence-electron chi connectivity index (χ0n) is 21.0. The number of aliphatic hydroxyl groups is 1. The van der Waals surface area contributed by atoms with Crippen LogP contribution in [0.25, 0.3) is 0 Å². The molecule has 0 saturated heterocycles. The zero-order valence-corrected chi connectivity index (χ0v) is 24.3. The predicted molar refractivity (Wildman–Crippen MR) is 138 cm³/mol. The molecular formula is C20H26O18S4. The minimum Gasteiger partial charge on any atom is -0.393 e. The van der Waals surface area contributed by atoms with E-state index in [4.69, 9.17) is 4.74 Å². The average molecular weight is 683 g/mol. The molecular weight excluding hydrogens is 656 g/mol. The molecule has 0 saturated carbocycles. The molecule has 0 fully saturated rings. The summed E-state index contributed by atoms with van der Waals surface area (Å²) in [5.74, 6) is 0. The van der Waals surface area contributed by atoms with Gasteiger partial charge in [0, 0.05) is 6.42 Å². The van der Waals surface area contributed by atoms with Crippen LogP contribution in [0.5, 0.6) is 0 Å². The predicted octanol–water partition coefficient (Wildman–Crippen LogP) is -0.440. The van der Waals surface area contributed by atoms with Crippen LogP contribution in [0.3, 0.4) is 0 Å². The molecule has 0 unspecified atom stereocenters. The molecule has 2 rings (SSSR count). The molecule has 0 radical (unpaired) electrons. The zero-order chi connectivity index (χ0) is 31.8. The van der Waals surface area contributed by atoms with E-state index in [0.29, 0.717) is 5.56 Å². The second kappa shape index (κ2) is 14.5. The van der Waals surface area contributed by atoms with Crippen LogP contribution in [0.1, 0.15) is 11.1 Å². The summed E-state index contributed by atoms with van der Waals surface area (Å²) in [6, 6.07) is 14.6. The maximum Gasteiger partial charge on any atom is 0.398 e. The monoisotopic (exact) mass is 682 g/mol. The summed E-state index contributed by atoms with van der Waals surface area (Å²) < 4.78 is 155. The van der Waals surface area contributed by atoms with Crippen molar-refractivity contribution in [1.29, 1.82) is 0 Å². The van der Waals surface area contributed by atoms with Gasteiger partial charge in [-0.25, -0.2) is 16.7 Å². The van der Waals surface area contributed by atoms with Crippen LogP contribution in [0.2, 0.25) is 0 Å². The molecule has 0 amide bonds. The first-order chi connectivity index (χ1) is 19.2. The van der Waals surface area contributed by atoms with Gasteiger partial charge in [-0.15, -0.1) is 0 Å². The lowest BCUT2D eigenvalue weighted by molar-refractivity contribution is -0.143.